The van der Waals surface area contributed by atoms with Crippen LogP contribution in [-0.4, -0.2) is 34.1 Å². The molecule has 58 valence electrons. The van der Waals surface area contributed by atoms with Gasteiger partial charge in [-0.3, -0.25) is 0 Å². The lowest BCUT2D eigenvalue weighted by molar-refractivity contribution is 0.0441. The standard InChI is InChI=1S/C7H12O3/c1-2-6(9)7(10)4-3-5-8/h1,6-10H,3-5H2/t6-,7-/m0/s1. The molecule has 0 fully saturated rings. The summed E-state index contributed by atoms with van der Waals surface area (Å²) < 4.78 is 0. The zero-order valence-corrected chi connectivity index (χ0v) is 5.70. The van der Waals surface area contributed by atoms with Crippen molar-refractivity contribution in [2.45, 2.75) is 25.0 Å². The van der Waals surface area contributed by atoms with Gasteiger partial charge >= 0.3 is 0 Å². The summed E-state index contributed by atoms with van der Waals surface area (Å²) >= 11 is 0. The van der Waals surface area contributed by atoms with Crippen LogP contribution in [0, 0.1) is 12.3 Å². The molecule has 0 amide bonds. The zero-order valence-electron chi connectivity index (χ0n) is 5.70. The fourth-order valence-electron chi connectivity index (χ4n) is 0.569. The molecule has 3 heteroatoms. The van der Waals surface area contributed by atoms with Gasteiger partial charge in [-0.25, -0.2) is 0 Å². The van der Waals surface area contributed by atoms with Gasteiger partial charge in [-0.15, -0.1) is 6.42 Å². The van der Waals surface area contributed by atoms with Crippen molar-refractivity contribution in [2.24, 2.45) is 0 Å². The summed E-state index contributed by atoms with van der Waals surface area (Å²) in [7, 11) is 0. The van der Waals surface area contributed by atoms with E-state index in [2.05, 4.69) is 0 Å². The summed E-state index contributed by atoms with van der Waals surface area (Å²) in [5, 5.41) is 26.1. The molecule has 0 aromatic carbocycles. The Labute approximate surface area is 60.3 Å². The number of rotatable bonds is 4. The number of aliphatic hydroxyl groups excluding tert-OH is 3. The number of hydrogen-bond donors (Lipinski definition) is 3. The number of terminal acetylenes is 1. The third-order valence-corrected chi connectivity index (χ3v) is 1.19. The monoisotopic (exact) mass is 144 g/mol. The van der Waals surface area contributed by atoms with E-state index in [0.29, 0.717) is 12.8 Å². The molecule has 0 spiro atoms. The second-order valence-corrected chi connectivity index (χ2v) is 2.04. The molecule has 0 radical (unpaired) electrons. The van der Waals surface area contributed by atoms with Crippen LogP contribution in [0.15, 0.2) is 0 Å². The minimum atomic E-state index is -1.11. The summed E-state index contributed by atoms with van der Waals surface area (Å²) in [4.78, 5) is 0. The molecule has 0 rings (SSSR count). The first-order valence-electron chi connectivity index (χ1n) is 3.15. The van der Waals surface area contributed by atoms with Crippen LogP contribution in [0.2, 0.25) is 0 Å². The molecule has 0 aliphatic carbocycles. The number of hydrogen-bond acceptors (Lipinski definition) is 3. The van der Waals surface area contributed by atoms with Gasteiger partial charge in [0.25, 0.3) is 0 Å². The van der Waals surface area contributed by atoms with Crippen molar-refractivity contribution in [3.05, 3.63) is 0 Å². The third kappa shape index (κ3) is 3.46. The Morgan fingerprint density at radius 3 is 2.40 bits per heavy atom. The molecule has 0 bridgehead atoms. The van der Waals surface area contributed by atoms with E-state index in [1.54, 1.807) is 0 Å². The zero-order chi connectivity index (χ0) is 7.98. The Morgan fingerprint density at radius 1 is 1.40 bits per heavy atom. The average molecular weight is 144 g/mol. The Bertz CT molecular complexity index is 117. The number of aliphatic hydroxyl groups is 3. The van der Waals surface area contributed by atoms with Gasteiger partial charge in [0.15, 0.2) is 0 Å². The van der Waals surface area contributed by atoms with E-state index in [0.717, 1.165) is 0 Å². The van der Waals surface area contributed by atoms with Crippen molar-refractivity contribution in [1.29, 1.82) is 0 Å². The van der Waals surface area contributed by atoms with Gasteiger partial charge in [0, 0.05) is 6.61 Å². The molecule has 0 aliphatic rings. The maximum absolute atomic E-state index is 8.95. The molecule has 3 N–H and O–H groups in total. The van der Waals surface area contributed by atoms with Gasteiger partial charge in [0.05, 0.1) is 6.10 Å². The summed E-state index contributed by atoms with van der Waals surface area (Å²) in [5.41, 5.74) is 0. The summed E-state index contributed by atoms with van der Waals surface area (Å²) in [6, 6.07) is 0. The van der Waals surface area contributed by atoms with Crippen LogP contribution in [-0.2, 0) is 0 Å². The fourth-order valence-corrected chi connectivity index (χ4v) is 0.569. The van der Waals surface area contributed by atoms with Gasteiger partial charge in [0.2, 0.25) is 0 Å². The first-order chi connectivity index (χ1) is 4.72. The van der Waals surface area contributed by atoms with E-state index in [9.17, 15) is 0 Å². The molecule has 2 atom stereocenters. The molecule has 0 aromatic heterocycles. The van der Waals surface area contributed by atoms with Crippen molar-refractivity contribution in [3.63, 3.8) is 0 Å². The third-order valence-electron chi connectivity index (χ3n) is 1.19. The molecule has 0 saturated carbocycles. The predicted molar refractivity (Wildman–Crippen MR) is 37.2 cm³/mol. The van der Waals surface area contributed by atoms with E-state index in [4.69, 9.17) is 21.7 Å². The lowest BCUT2D eigenvalue weighted by Crippen LogP contribution is -2.24. The second kappa shape index (κ2) is 5.24. The quantitative estimate of drug-likeness (QED) is 0.449. The van der Waals surface area contributed by atoms with Crippen molar-refractivity contribution in [3.8, 4) is 12.3 Å². The van der Waals surface area contributed by atoms with Crippen LogP contribution in [0.4, 0.5) is 0 Å². The Balaban J connectivity index is 3.43. The Hall–Kier alpha value is -0.560. The topological polar surface area (TPSA) is 60.7 Å². The van der Waals surface area contributed by atoms with Gasteiger partial charge in [-0.1, -0.05) is 5.92 Å². The molecule has 0 saturated heterocycles. The van der Waals surface area contributed by atoms with Crippen molar-refractivity contribution in [1.82, 2.24) is 0 Å². The van der Waals surface area contributed by atoms with Crippen molar-refractivity contribution >= 4 is 0 Å². The molecule has 3 nitrogen and oxygen atoms in total. The highest BCUT2D eigenvalue weighted by atomic mass is 16.3. The van der Waals surface area contributed by atoms with Gasteiger partial charge in [-0.05, 0) is 12.8 Å². The average Bonchev–Trinajstić information content (AvgIpc) is 1.98. The van der Waals surface area contributed by atoms with E-state index in [1.807, 2.05) is 5.92 Å². The largest absolute Gasteiger partial charge is 0.396 e. The molecule has 0 aliphatic heterocycles. The predicted octanol–water partition coefficient (Wildman–Crippen LogP) is -0.886. The van der Waals surface area contributed by atoms with E-state index in [-0.39, 0.29) is 6.61 Å². The fraction of sp³-hybridized carbons (Fsp3) is 0.714. The van der Waals surface area contributed by atoms with Crippen LogP contribution in [0.25, 0.3) is 0 Å². The van der Waals surface area contributed by atoms with Crippen LogP contribution < -0.4 is 0 Å². The molecule has 0 heterocycles. The van der Waals surface area contributed by atoms with Gasteiger partial charge < -0.3 is 15.3 Å². The van der Waals surface area contributed by atoms with E-state index >= 15 is 0 Å². The lowest BCUT2D eigenvalue weighted by atomic mass is 10.1. The second-order valence-electron chi connectivity index (χ2n) is 2.04. The van der Waals surface area contributed by atoms with Crippen molar-refractivity contribution in [2.75, 3.05) is 6.61 Å². The minimum Gasteiger partial charge on any atom is -0.396 e. The smallest absolute Gasteiger partial charge is 0.140 e. The minimum absolute atomic E-state index is 0.00829. The lowest BCUT2D eigenvalue weighted by Gasteiger charge is -2.10. The molecule has 10 heavy (non-hydrogen) atoms. The van der Waals surface area contributed by atoms with Crippen LogP contribution in [0.5, 0.6) is 0 Å². The van der Waals surface area contributed by atoms with Crippen molar-refractivity contribution < 1.29 is 15.3 Å². The van der Waals surface area contributed by atoms with Crippen LogP contribution in [0.1, 0.15) is 12.8 Å². The summed E-state index contributed by atoms with van der Waals surface area (Å²) in [5.74, 6) is 2.00. The molecule has 0 aromatic rings. The SMILES string of the molecule is C#C[C@H](O)[C@@H](O)CCCO. The van der Waals surface area contributed by atoms with Gasteiger partial charge in [0.1, 0.15) is 6.10 Å². The molecular formula is C7H12O3. The van der Waals surface area contributed by atoms with Crippen LogP contribution in [0.3, 0.4) is 0 Å². The molecular weight excluding hydrogens is 132 g/mol. The maximum Gasteiger partial charge on any atom is 0.140 e. The normalized spacial score (nSPS) is 15.8. The molecule has 0 unspecified atom stereocenters. The Kier molecular flexibility index (Phi) is 4.95. The Morgan fingerprint density at radius 2 is 2.00 bits per heavy atom. The highest BCUT2D eigenvalue weighted by molar-refractivity contribution is 4.96. The van der Waals surface area contributed by atoms with Gasteiger partial charge in [-0.2, -0.15) is 0 Å². The highest BCUT2D eigenvalue weighted by Crippen LogP contribution is 2.00. The van der Waals surface area contributed by atoms with E-state index < -0.39 is 12.2 Å². The first-order valence-corrected chi connectivity index (χ1v) is 3.15. The highest BCUT2D eigenvalue weighted by Gasteiger charge is 2.11. The summed E-state index contributed by atoms with van der Waals surface area (Å²) in [6.45, 7) is 0.00829. The first kappa shape index (κ1) is 9.44. The maximum atomic E-state index is 8.95. The van der Waals surface area contributed by atoms with E-state index in [1.165, 1.54) is 0 Å². The van der Waals surface area contributed by atoms with Crippen LogP contribution >= 0.6 is 0 Å². The summed E-state index contributed by atoms with van der Waals surface area (Å²) in [6.07, 6.45) is 3.61.